The summed E-state index contributed by atoms with van der Waals surface area (Å²) in [5, 5.41) is 18.3. The number of esters is 1. The van der Waals surface area contributed by atoms with E-state index in [2.05, 4.69) is 0 Å². The molecule has 0 fully saturated rings. The average molecular weight is 237 g/mol. The summed E-state index contributed by atoms with van der Waals surface area (Å²) >= 11 is 0. The Morgan fingerprint density at radius 3 is 2.41 bits per heavy atom. The largest absolute Gasteiger partial charge is 0.489 e. The standard InChI is InChI=1S/C11H16BNO4/c1-11(2,3)17-10(14)8-6-7(13)4-5-9(8)12(15)16/h4-6,15-16H,13H2,1-3H3. The van der Waals surface area contributed by atoms with E-state index in [1.807, 2.05) is 0 Å². The third-order valence-corrected chi connectivity index (χ3v) is 1.97. The molecule has 1 aromatic rings. The van der Waals surface area contributed by atoms with Crippen molar-refractivity contribution in [3.05, 3.63) is 23.8 Å². The predicted molar refractivity (Wildman–Crippen MR) is 65.8 cm³/mol. The van der Waals surface area contributed by atoms with Crippen LogP contribution >= 0.6 is 0 Å². The highest BCUT2D eigenvalue weighted by Crippen LogP contribution is 2.13. The highest BCUT2D eigenvalue weighted by atomic mass is 16.6. The van der Waals surface area contributed by atoms with Crippen LogP contribution in [0.2, 0.25) is 0 Å². The molecule has 0 spiro atoms. The molecule has 0 aromatic heterocycles. The number of benzene rings is 1. The maximum Gasteiger partial charge on any atom is 0.489 e. The maximum atomic E-state index is 11.8. The maximum absolute atomic E-state index is 11.8. The summed E-state index contributed by atoms with van der Waals surface area (Å²) in [6.07, 6.45) is 0. The number of nitrogen functional groups attached to an aromatic ring is 1. The summed E-state index contributed by atoms with van der Waals surface area (Å²) in [6.45, 7) is 5.19. The Balaban J connectivity index is 3.11. The molecule has 6 heteroatoms. The predicted octanol–water partition coefficient (Wildman–Crippen LogP) is -0.0961. The molecule has 0 saturated heterocycles. The molecule has 0 radical (unpaired) electrons. The Kier molecular flexibility index (Phi) is 3.80. The molecule has 4 N–H and O–H groups in total. The van der Waals surface area contributed by atoms with Crippen molar-refractivity contribution in [2.45, 2.75) is 26.4 Å². The van der Waals surface area contributed by atoms with Crippen LogP contribution in [0.3, 0.4) is 0 Å². The lowest BCUT2D eigenvalue weighted by atomic mass is 9.77. The van der Waals surface area contributed by atoms with E-state index in [-0.39, 0.29) is 11.0 Å². The molecular formula is C11H16BNO4. The third kappa shape index (κ3) is 3.76. The molecule has 0 aliphatic rings. The van der Waals surface area contributed by atoms with Crippen molar-refractivity contribution < 1.29 is 19.6 Å². The minimum Gasteiger partial charge on any atom is -0.456 e. The molecule has 0 atom stereocenters. The van der Waals surface area contributed by atoms with Gasteiger partial charge in [-0.25, -0.2) is 4.79 Å². The van der Waals surface area contributed by atoms with Crippen LogP contribution in [-0.2, 0) is 4.74 Å². The summed E-state index contributed by atoms with van der Waals surface area (Å²) in [4.78, 5) is 11.8. The Bertz CT molecular complexity index is 426. The van der Waals surface area contributed by atoms with Crippen molar-refractivity contribution in [2.75, 3.05) is 5.73 Å². The van der Waals surface area contributed by atoms with Gasteiger partial charge in [0.05, 0.1) is 5.56 Å². The molecule has 0 saturated carbocycles. The van der Waals surface area contributed by atoms with Crippen LogP contribution in [-0.4, -0.2) is 28.7 Å². The molecule has 0 aliphatic carbocycles. The van der Waals surface area contributed by atoms with Crippen molar-refractivity contribution in [3.63, 3.8) is 0 Å². The summed E-state index contributed by atoms with van der Waals surface area (Å²) in [7, 11) is -1.74. The smallest absolute Gasteiger partial charge is 0.456 e. The van der Waals surface area contributed by atoms with E-state index in [1.165, 1.54) is 18.2 Å². The number of hydrogen-bond donors (Lipinski definition) is 3. The zero-order valence-corrected chi connectivity index (χ0v) is 10.1. The number of rotatable bonds is 2. The van der Waals surface area contributed by atoms with E-state index in [0.717, 1.165) is 0 Å². The van der Waals surface area contributed by atoms with Crippen LogP contribution in [0.25, 0.3) is 0 Å². The van der Waals surface area contributed by atoms with E-state index in [0.29, 0.717) is 5.69 Å². The Morgan fingerprint density at radius 1 is 1.35 bits per heavy atom. The van der Waals surface area contributed by atoms with Gasteiger partial charge in [0.2, 0.25) is 0 Å². The van der Waals surface area contributed by atoms with Crippen LogP contribution in [0.15, 0.2) is 18.2 Å². The number of carbonyl (C=O) groups excluding carboxylic acids is 1. The molecule has 92 valence electrons. The molecule has 0 aliphatic heterocycles. The van der Waals surface area contributed by atoms with Gasteiger partial charge in [-0.15, -0.1) is 0 Å². The molecule has 0 amide bonds. The quantitative estimate of drug-likeness (QED) is 0.379. The highest BCUT2D eigenvalue weighted by Gasteiger charge is 2.24. The number of carbonyl (C=O) groups is 1. The second-order valence-corrected chi connectivity index (χ2v) is 4.72. The molecule has 1 rings (SSSR count). The monoisotopic (exact) mass is 237 g/mol. The third-order valence-electron chi connectivity index (χ3n) is 1.97. The number of hydrogen-bond acceptors (Lipinski definition) is 5. The first-order valence-corrected chi connectivity index (χ1v) is 5.19. The lowest BCUT2D eigenvalue weighted by Crippen LogP contribution is -2.36. The van der Waals surface area contributed by atoms with Gasteiger partial charge in [0.25, 0.3) is 0 Å². The van der Waals surface area contributed by atoms with E-state index < -0.39 is 18.7 Å². The fourth-order valence-electron chi connectivity index (χ4n) is 1.31. The fourth-order valence-corrected chi connectivity index (χ4v) is 1.31. The molecule has 0 unspecified atom stereocenters. The summed E-state index contributed by atoms with van der Waals surface area (Å²) in [5.74, 6) is -0.632. The first kappa shape index (κ1) is 13.5. The molecular weight excluding hydrogens is 221 g/mol. The van der Waals surface area contributed by atoms with Gasteiger partial charge in [0.15, 0.2) is 0 Å². The number of ether oxygens (including phenoxy) is 1. The van der Waals surface area contributed by atoms with Crippen molar-refractivity contribution in [2.24, 2.45) is 0 Å². The minimum absolute atomic E-state index is 0.0647. The lowest BCUT2D eigenvalue weighted by molar-refractivity contribution is 0.00706. The molecule has 17 heavy (non-hydrogen) atoms. The molecule has 1 aromatic carbocycles. The van der Waals surface area contributed by atoms with Crippen LogP contribution in [0.1, 0.15) is 31.1 Å². The van der Waals surface area contributed by atoms with Gasteiger partial charge < -0.3 is 20.5 Å². The number of anilines is 1. The Hall–Kier alpha value is -1.53. The zero-order chi connectivity index (χ0) is 13.2. The first-order chi connectivity index (χ1) is 7.70. The Morgan fingerprint density at radius 2 is 1.94 bits per heavy atom. The van der Waals surface area contributed by atoms with E-state index in [9.17, 15) is 4.79 Å². The van der Waals surface area contributed by atoms with Crippen LogP contribution in [0, 0.1) is 0 Å². The van der Waals surface area contributed by atoms with Crippen molar-refractivity contribution >= 4 is 24.2 Å². The van der Waals surface area contributed by atoms with E-state index >= 15 is 0 Å². The topological polar surface area (TPSA) is 92.8 Å². The van der Waals surface area contributed by atoms with E-state index in [1.54, 1.807) is 20.8 Å². The summed E-state index contributed by atoms with van der Waals surface area (Å²) < 4.78 is 5.15. The van der Waals surface area contributed by atoms with Gasteiger partial charge in [-0.05, 0) is 38.4 Å². The molecule has 0 heterocycles. The van der Waals surface area contributed by atoms with E-state index in [4.69, 9.17) is 20.5 Å². The van der Waals surface area contributed by atoms with Gasteiger partial charge in [-0.1, -0.05) is 6.07 Å². The van der Waals surface area contributed by atoms with Crippen LogP contribution < -0.4 is 11.2 Å². The fraction of sp³-hybridized carbons (Fsp3) is 0.364. The zero-order valence-electron chi connectivity index (χ0n) is 10.1. The highest BCUT2D eigenvalue weighted by molar-refractivity contribution is 6.60. The SMILES string of the molecule is CC(C)(C)OC(=O)c1cc(N)ccc1B(O)O. The van der Waals surface area contributed by atoms with Crippen molar-refractivity contribution in [1.82, 2.24) is 0 Å². The van der Waals surface area contributed by atoms with Gasteiger partial charge in [-0.3, -0.25) is 0 Å². The van der Waals surface area contributed by atoms with Crippen LogP contribution in [0.4, 0.5) is 5.69 Å². The number of nitrogens with two attached hydrogens (primary N) is 1. The first-order valence-electron chi connectivity index (χ1n) is 5.19. The molecule has 0 bridgehead atoms. The minimum atomic E-state index is -1.74. The second-order valence-electron chi connectivity index (χ2n) is 4.72. The lowest BCUT2D eigenvalue weighted by Gasteiger charge is -2.20. The van der Waals surface area contributed by atoms with Gasteiger partial charge in [-0.2, -0.15) is 0 Å². The summed E-state index contributed by atoms with van der Waals surface area (Å²) in [6, 6.07) is 4.24. The second kappa shape index (κ2) is 4.77. The van der Waals surface area contributed by atoms with Crippen molar-refractivity contribution in [3.8, 4) is 0 Å². The molecule has 5 nitrogen and oxygen atoms in total. The van der Waals surface area contributed by atoms with Crippen molar-refractivity contribution in [1.29, 1.82) is 0 Å². The van der Waals surface area contributed by atoms with Gasteiger partial charge >= 0.3 is 13.1 Å². The van der Waals surface area contributed by atoms with Gasteiger partial charge in [0, 0.05) is 5.69 Å². The van der Waals surface area contributed by atoms with Gasteiger partial charge in [0.1, 0.15) is 5.60 Å². The van der Waals surface area contributed by atoms with Crippen LogP contribution in [0.5, 0.6) is 0 Å². The summed E-state index contributed by atoms with van der Waals surface area (Å²) in [5.41, 5.74) is 5.40. The average Bonchev–Trinajstić information content (AvgIpc) is 2.14. The normalized spacial score (nSPS) is 11.1. The Labute approximate surface area is 100 Å².